The molecule has 4 nitrogen and oxygen atoms in total. The van der Waals surface area contributed by atoms with E-state index in [9.17, 15) is 0 Å². The Hall–Kier alpha value is -1.72. The van der Waals surface area contributed by atoms with Gasteiger partial charge in [-0.05, 0) is 42.4 Å². The Morgan fingerprint density at radius 1 is 1.22 bits per heavy atom. The van der Waals surface area contributed by atoms with Gasteiger partial charge in [0, 0.05) is 23.7 Å². The molecule has 0 amide bonds. The number of hydrogen-bond donors (Lipinski definition) is 0. The molecule has 3 aromatic rings. The van der Waals surface area contributed by atoms with E-state index in [4.69, 9.17) is 11.6 Å². The molecular weight excluding hydrogens is 328 g/mol. The van der Waals surface area contributed by atoms with Crippen molar-refractivity contribution in [2.75, 3.05) is 18.0 Å². The SMILES string of the molecule is CC1CCCN(c2ncnc3c(-c4ccc(Cl)cc4)nsc23)C1. The minimum atomic E-state index is 0.706. The lowest BCUT2D eigenvalue weighted by Gasteiger charge is -2.31. The second-order valence-electron chi connectivity index (χ2n) is 6.11. The smallest absolute Gasteiger partial charge is 0.151 e. The van der Waals surface area contributed by atoms with Gasteiger partial charge < -0.3 is 4.90 Å². The standard InChI is InChI=1S/C17H17ClN4S/c1-11-3-2-8-22(9-11)17-16-15(19-10-20-17)14(21-23-16)12-4-6-13(18)7-5-12/h4-7,10-11H,2-3,8-9H2,1H3. The number of benzene rings is 1. The first kappa shape index (κ1) is 14.8. The molecular formula is C17H17ClN4S. The van der Waals surface area contributed by atoms with E-state index in [-0.39, 0.29) is 0 Å². The lowest BCUT2D eigenvalue weighted by molar-refractivity contribution is 0.445. The number of halogens is 1. The Balaban J connectivity index is 1.78. The third kappa shape index (κ3) is 2.79. The van der Waals surface area contributed by atoms with Crippen molar-refractivity contribution >= 4 is 39.2 Å². The number of piperidine rings is 1. The monoisotopic (exact) mass is 344 g/mol. The van der Waals surface area contributed by atoms with Crippen LogP contribution in [0, 0.1) is 5.92 Å². The highest BCUT2D eigenvalue weighted by atomic mass is 35.5. The fourth-order valence-corrected chi connectivity index (χ4v) is 4.16. The zero-order valence-electron chi connectivity index (χ0n) is 12.9. The number of fused-ring (bicyclic) bond motifs is 1. The first-order valence-electron chi connectivity index (χ1n) is 7.83. The highest BCUT2D eigenvalue weighted by molar-refractivity contribution is 7.14. The molecule has 118 valence electrons. The Bertz CT molecular complexity index is 830. The maximum atomic E-state index is 5.98. The summed E-state index contributed by atoms with van der Waals surface area (Å²) in [6.07, 6.45) is 4.17. The summed E-state index contributed by atoms with van der Waals surface area (Å²) in [7, 11) is 0. The van der Waals surface area contributed by atoms with Crippen LogP contribution in [0.3, 0.4) is 0 Å². The van der Waals surface area contributed by atoms with E-state index in [1.54, 1.807) is 6.33 Å². The van der Waals surface area contributed by atoms with Crippen molar-refractivity contribution in [2.45, 2.75) is 19.8 Å². The molecule has 1 aromatic carbocycles. The molecule has 1 saturated heterocycles. The topological polar surface area (TPSA) is 41.9 Å². The quantitative estimate of drug-likeness (QED) is 0.679. The van der Waals surface area contributed by atoms with E-state index in [1.807, 2.05) is 24.3 Å². The van der Waals surface area contributed by atoms with Crippen molar-refractivity contribution in [1.29, 1.82) is 0 Å². The van der Waals surface area contributed by atoms with E-state index >= 15 is 0 Å². The Morgan fingerprint density at radius 2 is 2.04 bits per heavy atom. The van der Waals surface area contributed by atoms with E-state index < -0.39 is 0 Å². The molecule has 0 radical (unpaired) electrons. The molecule has 1 aliphatic rings. The van der Waals surface area contributed by atoms with E-state index in [0.29, 0.717) is 5.92 Å². The average molecular weight is 345 g/mol. The summed E-state index contributed by atoms with van der Waals surface area (Å²) in [5.74, 6) is 1.73. The number of hydrogen-bond acceptors (Lipinski definition) is 5. The number of anilines is 1. The number of aromatic nitrogens is 3. The highest BCUT2D eigenvalue weighted by Crippen LogP contribution is 2.35. The van der Waals surface area contributed by atoms with Crippen molar-refractivity contribution in [3.63, 3.8) is 0 Å². The molecule has 1 unspecified atom stereocenters. The summed E-state index contributed by atoms with van der Waals surface area (Å²) in [5.41, 5.74) is 2.88. The van der Waals surface area contributed by atoms with Crippen LogP contribution < -0.4 is 4.90 Å². The Kier molecular flexibility index (Phi) is 3.91. The van der Waals surface area contributed by atoms with Crippen LogP contribution in [0.1, 0.15) is 19.8 Å². The van der Waals surface area contributed by atoms with Crippen molar-refractivity contribution in [2.24, 2.45) is 5.92 Å². The van der Waals surface area contributed by atoms with Crippen molar-refractivity contribution in [1.82, 2.24) is 14.3 Å². The largest absolute Gasteiger partial charge is 0.355 e. The van der Waals surface area contributed by atoms with Crippen LogP contribution in [0.2, 0.25) is 5.02 Å². The highest BCUT2D eigenvalue weighted by Gasteiger charge is 2.22. The van der Waals surface area contributed by atoms with Gasteiger partial charge in [0.1, 0.15) is 22.2 Å². The van der Waals surface area contributed by atoms with Gasteiger partial charge >= 0.3 is 0 Å². The first-order valence-corrected chi connectivity index (χ1v) is 8.99. The van der Waals surface area contributed by atoms with Gasteiger partial charge in [0.25, 0.3) is 0 Å². The Labute approximate surface area is 144 Å². The molecule has 2 aromatic heterocycles. The van der Waals surface area contributed by atoms with Gasteiger partial charge in [-0.1, -0.05) is 30.7 Å². The fraction of sp³-hybridized carbons (Fsp3) is 0.353. The first-order chi connectivity index (χ1) is 11.2. The van der Waals surface area contributed by atoms with Crippen LogP contribution in [0.4, 0.5) is 5.82 Å². The molecule has 23 heavy (non-hydrogen) atoms. The van der Waals surface area contributed by atoms with Gasteiger partial charge in [-0.2, -0.15) is 4.37 Å². The molecule has 4 rings (SSSR count). The minimum Gasteiger partial charge on any atom is -0.355 e. The third-order valence-electron chi connectivity index (χ3n) is 4.31. The van der Waals surface area contributed by atoms with Crippen LogP contribution in [-0.2, 0) is 0 Å². The summed E-state index contributed by atoms with van der Waals surface area (Å²) < 4.78 is 5.71. The van der Waals surface area contributed by atoms with Crippen LogP contribution in [0.25, 0.3) is 21.5 Å². The number of nitrogens with zero attached hydrogens (tertiary/aromatic N) is 4. The molecule has 3 heterocycles. The normalized spacial score (nSPS) is 18.5. The second kappa shape index (κ2) is 6.06. The molecule has 1 atom stereocenters. The molecule has 0 spiro atoms. The molecule has 0 N–H and O–H groups in total. The van der Waals surface area contributed by atoms with Crippen LogP contribution in [0.15, 0.2) is 30.6 Å². The second-order valence-corrected chi connectivity index (χ2v) is 7.32. The maximum Gasteiger partial charge on any atom is 0.151 e. The zero-order chi connectivity index (χ0) is 15.8. The third-order valence-corrected chi connectivity index (χ3v) is 5.40. The lowest BCUT2D eigenvalue weighted by Crippen LogP contribution is -2.34. The summed E-state index contributed by atoms with van der Waals surface area (Å²) in [6, 6.07) is 7.75. The van der Waals surface area contributed by atoms with Gasteiger partial charge in [-0.25, -0.2) is 9.97 Å². The summed E-state index contributed by atoms with van der Waals surface area (Å²) >= 11 is 7.47. The molecule has 0 saturated carbocycles. The molecule has 0 bridgehead atoms. The van der Waals surface area contributed by atoms with Crippen LogP contribution >= 0.6 is 23.1 Å². The van der Waals surface area contributed by atoms with Gasteiger partial charge in [-0.15, -0.1) is 0 Å². The van der Waals surface area contributed by atoms with Crippen LogP contribution in [-0.4, -0.2) is 27.4 Å². The van der Waals surface area contributed by atoms with Gasteiger partial charge in [-0.3, -0.25) is 0 Å². The van der Waals surface area contributed by atoms with Gasteiger partial charge in [0.15, 0.2) is 5.82 Å². The molecule has 1 aliphatic heterocycles. The summed E-state index contributed by atoms with van der Waals surface area (Å²) in [6.45, 7) is 4.42. The van der Waals surface area contributed by atoms with E-state index in [0.717, 1.165) is 45.4 Å². The maximum absolute atomic E-state index is 5.98. The van der Waals surface area contributed by atoms with Crippen molar-refractivity contribution in [3.05, 3.63) is 35.6 Å². The van der Waals surface area contributed by atoms with Crippen molar-refractivity contribution in [3.8, 4) is 11.3 Å². The van der Waals surface area contributed by atoms with E-state index in [1.165, 1.54) is 24.4 Å². The molecule has 0 aliphatic carbocycles. The molecule has 6 heteroatoms. The zero-order valence-corrected chi connectivity index (χ0v) is 14.4. The van der Waals surface area contributed by atoms with Crippen molar-refractivity contribution < 1.29 is 0 Å². The minimum absolute atomic E-state index is 0.706. The average Bonchev–Trinajstić information content (AvgIpc) is 2.99. The predicted octanol–water partition coefficient (Wildman–Crippen LogP) is 4.64. The van der Waals surface area contributed by atoms with E-state index in [2.05, 4.69) is 26.2 Å². The number of rotatable bonds is 2. The van der Waals surface area contributed by atoms with Crippen LogP contribution in [0.5, 0.6) is 0 Å². The Morgan fingerprint density at radius 3 is 2.83 bits per heavy atom. The predicted molar refractivity (Wildman–Crippen MR) is 96.3 cm³/mol. The lowest BCUT2D eigenvalue weighted by atomic mass is 10.0. The fourth-order valence-electron chi connectivity index (χ4n) is 3.16. The molecule has 1 fully saturated rings. The van der Waals surface area contributed by atoms with Gasteiger partial charge in [0.2, 0.25) is 0 Å². The van der Waals surface area contributed by atoms with Gasteiger partial charge in [0.05, 0.1) is 0 Å². The summed E-state index contributed by atoms with van der Waals surface area (Å²) in [5, 5.41) is 0.728. The summed E-state index contributed by atoms with van der Waals surface area (Å²) in [4.78, 5) is 11.4.